The molecule has 0 aliphatic rings. The third kappa shape index (κ3) is 7.18. The van der Waals surface area contributed by atoms with Crippen molar-refractivity contribution in [1.29, 1.82) is 0 Å². The van der Waals surface area contributed by atoms with Crippen LogP contribution in [0, 0.1) is 5.92 Å². The largest absolute Gasteiger partial charge is 0.482 e. The third-order valence-corrected chi connectivity index (χ3v) is 5.55. The van der Waals surface area contributed by atoms with Crippen molar-refractivity contribution >= 4 is 50.9 Å². The number of carbonyl (C=O) groups is 2. The average molecular weight is 516 g/mol. The molecule has 162 valence electrons. The molecule has 0 aliphatic heterocycles. The van der Waals surface area contributed by atoms with Crippen molar-refractivity contribution in [3.05, 3.63) is 62.5 Å². The van der Waals surface area contributed by atoms with E-state index in [-0.39, 0.29) is 25.0 Å². The summed E-state index contributed by atoms with van der Waals surface area (Å²) in [7, 11) is 0. The lowest BCUT2D eigenvalue weighted by Crippen LogP contribution is -2.49. The molecule has 0 radical (unpaired) electrons. The van der Waals surface area contributed by atoms with E-state index in [4.69, 9.17) is 27.9 Å². The van der Waals surface area contributed by atoms with E-state index in [2.05, 4.69) is 21.2 Å². The maximum absolute atomic E-state index is 13.0. The number of rotatable bonds is 9. The van der Waals surface area contributed by atoms with Gasteiger partial charge in [-0.25, -0.2) is 0 Å². The van der Waals surface area contributed by atoms with Gasteiger partial charge in [0.15, 0.2) is 6.61 Å². The normalized spacial score (nSPS) is 11.8. The van der Waals surface area contributed by atoms with Gasteiger partial charge in [0.1, 0.15) is 11.8 Å². The lowest BCUT2D eigenvalue weighted by atomic mass is 10.1. The predicted molar refractivity (Wildman–Crippen MR) is 124 cm³/mol. The highest BCUT2D eigenvalue weighted by Gasteiger charge is 2.27. The molecule has 0 bridgehead atoms. The summed E-state index contributed by atoms with van der Waals surface area (Å²) in [4.78, 5) is 27.1. The first kappa shape index (κ1) is 24.5. The fourth-order valence-electron chi connectivity index (χ4n) is 2.66. The minimum atomic E-state index is -0.698. The Morgan fingerprint density at radius 2 is 1.80 bits per heavy atom. The second kappa shape index (κ2) is 11.6. The van der Waals surface area contributed by atoms with Crippen LogP contribution in [0.1, 0.15) is 26.3 Å². The highest BCUT2D eigenvalue weighted by atomic mass is 79.9. The van der Waals surface area contributed by atoms with E-state index in [1.165, 1.54) is 4.90 Å². The first-order valence-electron chi connectivity index (χ1n) is 9.57. The number of halogens is 3. The Hall–Kier alpha value is -1.76. The Morgan fingerprint density at radius 1 is 1.10 bits per heavy atom. The fourth-order valence-corrected chi connectivity index (χ4v) is 3.58. The number of ether oxygens (including phenoxy) is 1. The molecule has 1 unspecified atom stereocenters. The number of nitrogens with one attached hydrogen (secondary N) is 1. The van der Waals surface area contributed by atoms with E-state index in [9.17, 15) is 9.59 Å². The van der Waals surface area contributed by atoms with E-state index in [1.54, 1.807) is 31.2 Å². The predicted octanol–water partition coefficient (Wildman–Crippen LogP) is 5.32. The van der Waals surface area contributed by atoms with Crippen LogP contribution in [-0.2, 0) is 16.1 Å². The Kier molecular flexibility index (Phi) is 9.46. The molecule has 2 rings (SSSR count). The zero-order chi connectivity index (χ0) is 22.3. The van der Waals surface area contributed by atoms with Crippen LogP contribution in [0.3, 0.4) is 0 Å². The van der Waals surface area contributed by atoms with Crippen LogP contribution >= 0.6 is 39.1 Å². The SMILES string of the molecule is CC(C)CNC(=O)C(C)N(Cc1ccccc1Cl)C(=O)COc1ccc(Br)cc1Cl. The van der Waals surface area contributed by atoms with Crippen molar-refractivity contribution in [1.82, 2.24) is 10.2 Å². The molecule has 2 aromatic rings. The van der Waals surface area contributed by atoms with Crippen molar-refractivity contribution in [3.8, 4) is 5.75 Å². The van der Waals surface area contributed by atoms with Gasteiger partial charge < -0.3 is 15.0 Å². The maximum atomic E-state index is 13.0. The van der Waals surface area contributed by atoms with Crippen LogP contribution in [-0.4, -0.2) is 35.9 Å². The van der Waals surface area contributed by atoms with Gasteiger partial charge in [-0.05, 0) is 42.7 Å². The highest BCUT2D eigenvalue weighted by Crippen LogP contribution is 2.28. The second-order valence-corrected chi connectivity index (χ2v) is 9.02. The van der Waals surface area contributed by atoms with Gasteiger partial charge in [0, 0.05) is 22.6 Å². The molecule has 0 heterocycles. The molecule has 1 atom stereocenters. The average Bonchev–Trinajstić information content (AvgIpc) is 2.70. The highest BCUT2D eigenvalue weighted by molar-refractivity contribution is 9.10. The molecule has 2 amide bonds. The molecule has 0 aromatic heterocycles. The molecule has 8 heteroatoms. The van der Waals surface area contributed by atoms with Gasteiger partial charge in [-0.15, -0.1) is 0 Å². The smallest absolute Gasteiger partial charge is 0.261 e. The maximum Gasteiger partial charge on any atom is 0.261 e. The van der Waals surface area contributed by atoms with Crippen LogP contribution in [0.25, 0.3) is 0 Å². The third-order valence-electron chi connectivity index (χ3n) is 4.40. The number of nitrogens with zero attached hydrogens (tertiary/aromatic N) is 1. The van der Waals surface area contributed by atoms with Gasteiger partial charge in [0.25, 0.3) is 5.91 Å². The molecule has 2 aromatic carbocycles. The van der Waals surface area contributed by atoms with E-state index in [0.717, 1.165) is 10.0 Å². The molecular weight excluding hydrogens is 491 g/mol. The van der Waals surface area contributed by atoms with Gasteiger partial charge >= 0.3 is 0 Å². The molecule has 30 heavy (non-hydrogen) atoms. The van der Waals surface area contributed by atoms with Gasteiger partial charge in [0.2, 0.25) is 5.91 Å². The number of benzene rings is 2. The van der Waals surface area contributed by atoms with E-state index < -0.39 is 6.04 Å². The van der Waals surface area contributed by atoms with E-state index >= 15 is 0 Å². The van der Waals surface area contributed by atoms with Crippen molar-refractivity contribution in [2.24, 2.45) is 5.92 Å². The second-order valence-electron chi connectivity index (χ2n) is 7.29. The van der Waals surface area contributed by atoms with Crippen LogP contribution in [0.4, 0.5) is 0 Å². The topological polar surface area (TPSA) is 58.6 Å². The molecule has 0 aliphatic carbocycles. The molecule has 1 N–H and O–H groups in total. The number of hydrogen-bond acceptors (Lipinski definition) is 3. The van der Waals surface area contributed by atoms with Crippen molar-refractivity contribution in [3.63, 3.8) is 0 Å². The zero-order valence-corrected chi connectivity index (χ0v) is 20.2. The van der Waals surface area contributed by atoms with Crippen LogP contribution < -0.4 is 10.1 Å². The summed E-state index contributed by atoms with van der Waals surface area (Å²) in [6.45, 7) is 6.17. The number of carbonyl (C=O) groups excluding carboxylic acids is 2. The van der Waals surface area contributed by atoms with Crippen molar-refractivity contribution in [2.75, 3.05) is 13.2 Å². The minimum absolute atomic E-state index is 0.187. The summed E-state index contributed by atoms with van der Waals surface area (Å²) in [5.74, 6) is 0.117. The fraction of sp³-hybridized carbons (Fsp3) is 0.364. The van der Waals surface area contributed by atoms with Crippen molar-refractivity contribution < 1.29 is 14.3 Å². The molecule has 0 saturated heterocycles. The first-order valence-corrected chi connectivity index (χ1v) is 11.1. The van der Waals surface area contributed by atoms with Gasteiger partial charge in [-0.2, -0.15) is 0 Å². The quantitative estimate of drug-likeness (QED) is 0.491. The molecule has 0 fully saturated rings. The van der Waals surface area contributed by atoms with E-state index in [1.807, 2.05) is 32.0 Å². The number of amides is 2. The lowest BCUT2D eigenvalue weighted by Gasteiger charge is -2.29. The van der Waals surface area contributed by atoms with Crippen LogP contribution in [0.5, 0.6) is 5.75 Å². The minimum Gasteiger partial charge on any atom is -0.482 e. The van der Waals surface area contributed by atoms with Crippen molar-refractivity contribution in [2.45, 2.75) is 33.4 Å². The molecular formula is C22H25BrCl2N2O3. The zero-order valence-electron chi connectivity index (χ0n) is 17.1. The summed E-state index contributed by atoms with van der Waals surface area (Å²) in [5, 5.41) is 3.79. The standard InChI is InChI=1S/C22H25BrCl2N2O3/c1-14(2)11-26-22(29)15(3)27(12-16-6-4-5-7-18(16)24)21(28)13-30-20-9-8-17(23)10-19(20)25/h4-10,14-15H,11-13H2,1-3H3,(H,26,29). The van der Waals surface area contributed by atoms with Gasteiger partial charge in [0.05, 0.1) is 5.02 Å². The molecule has 0 saturated carbocycles. The number of hydrogen-bond donors (Lipinski definition) is 1. The molecule has 5 nitrogen and oxygen atoms in total. The Bertz CT molecular complexity index is 892. The van der Waals surface area contributed by atoms with Crippen LogP contribution in [0.15, 0.2) is 46.9 Å². The molecule has 0 spiro atoms. The monoisotopic (exact) mass is 514 g/mol. The Morgan fingerprint density at radius 3 is 2.43 bits per heavy atom. The summed E-state index contributed by atoms with van der Waals surface area (Å²) < 4.78 is 6.43. The van der Waals surface area contributed by atoms with Gasteiger partial charge in [-0.3, -0.25) is 9.59 Å². The van der Waals surface area contributed by atoms with Gasteiger partial charge in [-0.1, -0.05) is 71.2 Å². The summed E-state index contributed by atoms with van der Waals surface area (Å²) in [6, 6.07) is 11.7. The summed E-state index contributed by atoms with van der Waals surface area (Å²) >= 11 is 15.8. The van der Waals surface area contributed by atoms with E-state index in [0.29, 0.717) is 28.3 Å². The Balaban J connectivity index is 2.17. The Labute approximate surface area is 195 Å². The van der Waals surface area contributed by atoms with Crippen LogP contribution in [0.2, 0.25) is 10.0 Å². The first-order chi connectivity index (χ1) is 14.2. The summed E-state index contributed by atoms with van der Waals surface area (Å²) in [5.41, 5.74) is 0.748. The lowest BCUT2D eigenvalue weighted by molar-refractivity contribution is -0.142. The summed E-state index contributed by atoms with van der Waals surface area (Å²) in [6.07, 6.45) is 0.